The number of primary amides is 1. The number of nitrogens with one attached hydrogen (secondary N) is 1. The fourth-order valence-electron chi connectivity index (χ4n) is 2.16. The van der Waals surface area contributed by atoms with Crippen molar-refractivity contribution >= 4 is 5.91 Å². The number of benzene rings is 1. The molecule has 1 unspecified atom stereocenters. The maximum atomic E-state index is 11.6. The molecule has 1 aromatic heterocycles. The number of carbonyl (C=O) groups is 1. The second-order valence-electron chi connectivity index (χ2n) is 5.02. The zero-order chi connectivity index (χ0) is 14.6. The molecule has 2 rings (SSSR count). The summed E-state index contributed by atoms with van der Waals surface area (Å²) in [6.45, 7) is 4.82. The van der Waals surface area contributed by atoms with Crippen LogP contribution in [0.15, 0.2) is 42.7 Å². The molecule has 1 amide bonds. The van der Waals surface area contributed by atoms with Gasteiger partial charge in [0.1, 0.15) is 5.54 Å². The molecule has 0 aliphatic heterocycles. The van der Waals surface area contributed by atoms with Gasteiger partial charge in [-0.1, -0.05) is 37.3 Å². The number of likely N-dealkylation sites (N-methyl/N-ethyl adjacent to an activating group) is 1. The summed E-state index contributed by atoms with van der Waals surface area (Å²) in [5, 5.41) is 7.43. The van der Waals surface area contributed by atoms with Crippen molar-refractivity contribution in [3.05, 3.63) is 42.7 Å². The highest BCUT2D eigenvalue weighted by Gasteiger charge is 2.30. The molecule has 1 atom stereocenters. The van der Waals surface area contributed by atoms with Gasteiger partial charge in [-0.05, 0) is 19.0 Å². The average molecular weight is 272 g/mol. The van der Waals surface area contributed by atoms with Gasteiger partial charge in [-0.15, -0.1) is 0 Å². The minimum Gasteiger partial charge on any atom is -0.368 e. The first-order valence-electron chi connectivity index (χ1n) is 6.68. The van der Waals surface area contributed by atoms with Crippen LogP contribution in [-0.2, 0) is 11.3 Å². The molecule has 0 saturated carbocycles. The van der Waals surface area contributed by atoms with Gasteiger partial charge in [0.25, 0.3) is 0 Å². The van der Waals surface area contributed by atoms with E-state index in [1.54, 1.807) is 17.8 Å². The van der Waals surface area contributed by atoms with Gasteiger partial charge in [0.05, 0.1) is 12.7 Å². The fourth-order valence-corrected chi connectivity index (χ4v) is 2.16. The van der Waals surface area contributed by atoms with Crippen molar-refractivity contribution in [3.8, 4) is 11.1 Å². The molecule has 2 aromatic rings. The molecule has 0 fully saturated rings. The first kappa shape index (κ1) is 14.3. The quantitative estimate of drug-likeness (QED) is 0.835. The van der Waals surface area contributed by atoms with Crippen LogP contribution in [0.4, 0.5) is 0 Å². The van der Waals surface area contributed by atoms with Gasteiger partial charge >= 0.3 is 0 Å². The van der Waals surface area contributed by atoms with Crippen molar-refractivity contribution in [3.63, 3.8) is 0 Å². The van der Waals surface area contributed by atoms with Gasteiger partial charge in [0.15, 0.2) is 0 Å². The third kappa shape index (κ3) is 3.05. The SMILES string of the molecule is CCNC(C)(Cn1cc(-c2ccccc2)cn1)C(N)=O. The van der Waals surface area contributed by atoms with Gasteiger partial charge in [0, 0.05) is 11.8 Å². The van der Waals surface area contributed by atoms with E-state index in [1.807, 2.05) is 43.5 Å². The van der Waals surface area contributed by atoms with Crippen LogP contribution in [0.25, 0.3) is 11.1 Å². The molecule has 0 spiro atoms. The maximum Gasteiger partial charge on any atom is 0.239 e. The summed E-state index contributed by atoms with van der Waals surface area (Å²) in [7, 11) is 0. The lowest BCUT2D eigenvalue weighted by molar-refractivity contribution is -0.124. The van der Waals surface area contributed by atoms with E-state index in [9.17, 15) is 4.79 Å². The number of nitrogens with zero attached hydrogens (tertiary/aromatic N) is 2. The van der Waals surface area contributed by atoms with Gasteiger partial charge in [0.2, 0.25) is 5.91 Å². The van der Waals surface area contributed by atoms with Crippen molar-refractivity contribution in [2.24, 2.45) is 5.73 Å². The second kappa shape index (κ2) is 5.88. The predicted molar refractivity (Wildman–Crippen MR) is 78.9 cm³/mol. The zero-order valence-corrected chi connectivity index (χ0v) is 11.8. The molecule has 0 saturated heterocycles. The van der Waals surface area contributed by atoms with Crippen molar-refractivity contribution < 1.29 is 4.79 Å². The van der Waals surface area contributed by atoms with Crippen LogP contribution in [0.3, 0.4) is 0 Å². The first-order chi connectivity index (χ1) is 9.55. The Morgan fingerprint density at radius 2 is 2.05 bits per heavy atom. The molecule has 0 aliphatic carbocycles. The van der Waals surface area contributed by atoms with Gasteiger partial charge < -0.3 is 11.1 Å². The Labute approximate surface area is 118 Å². The van der Waals surface area contributed by atoms with E-state index < -0.39 is 5.54 Å². The summed E-state index contributed by atoms with van der Waals surface area (Å²) in [6, 6.07) is 10.00. The molecule has 1 aromatic carbocycles. The highest BCUT2D eigenvalue weighted by molar-refractivity contribution is 5.84. The third-order valence-corrected chi connectivity index (χ3v) is 3.33. The summed E-state index contributed by atoms with van der Waals surface area (Å²) < 4.78 is 1.75. The standard InChI is InChI=1S/C15H20N4O/c1-3-17-15(2,14(16)20)11-19-10-13(9-18-19)12-7-5-4-6-8-12/h4-10,17H,3,11H2,1-2H3,(H2,16,20). The van der Waals surface area contributed by atoms with Crippen molar-refractivity contribution in [1.29, 1.82) is 0 Å². The second-order valence-corrected chi connectivity index (χ2v) is 5.02. The summed E-state index contributed by atoms with van der Waals surface area (Å²) in [5.74, 6) is -0.379. The molecule has 20 heavy (non-hydrogen) atoms. The van der Waals surface area contributed by atoms with E-state index in [2.05, 4.69) is 10.4 Å². The molecule has 0 radical (unpaired) electrons. The van der Waals surface area contributed by atoms with E-state index in [0.29, 0.717) is 13.1 Å². The fraction of sp³-hybridized carbons (Fsp3) is 0.333. The minimum atomic E-state index is -0.797. The predicted octanol–water partition coefficient (Wildman–Crippen LogP) is 1.40. The largest absolute Gasteiger partial charge is 0.368 e. The molecule has 5 heteroatoms. The third-order valence-electron chi connectivity index (χ3n) is 3.33. The van der Waals surface area contributed by atoms with E-state index in [4.69, 9.17) is 5.73 Å². The minimum absolute atomic E-state index is 0.379. The molecule has 0 aliphatic rings. The summed E-state index contributed by atoms with van der Waals surface area (Å²) >= 11 is 0. The number of rotatable bonds is 6. The number of aromatic nitrogens is 2. The smallest absolute Gasteiger partial charge is 0.239 e. The number of nitrogens with two attached hydrogens (primary N) is 1. The van der Waals surface area contributed by atoms with E-state index in [1.165, 1.54) is 0 Å². The summed E-state index contributed by atoms with van der Waals surface area (Å²) in [4.78, 5) is 11.6. The van der Waals surface area contributed by atoms with E-state index >= 15 is 0 Å². The van der Waals surface area contributed by atoms with Crippen LogP contribution in [0.5, 0.6) is 0 Å². The first-order valence-corrected chi connectivity index (χ1v) is 6.68. The Bertz CT molecular complexity index is 579. The van der Waals surface area contributed by atoms with Gasteiger partial charge in [-0.3, -0.25) is 9.48 Å². The van der Waals surface area contributed by atoms with Gasteiger partial charge in [-0.25, -0.2) is 0 Å². The summed E-state index contributed by atoms with van der Waals surface area (Å²) in [5.41, 5.74) is 6.81. The monoisotopic (exact) mass is 272 g/mol. The lowest BCUT2D eigenvalue weighted by Gasteiger charge is -2.26. The number of hydrogen-bond donors (Lipinski definition) is 2. The van der Waals surface area contributed by atoms with Crippen molar-refractivity contribution in [2.75, 3.05) is 6.54 Å². The van der Waals surface area contributed by atoms with E-state index in [0.717, 1.165) is 11.1 Å². The van der Waals surface area contributed by atoms with Crippen LogP contribution in [0.1, 0.15) is 13.8 Å². The Kier molecular flexibility index (Phi) is 4.20. The molecular weight excluding hydrogens is 252 g/mol. The van der Waals surface area contributed by atoms with Crippen LogP contribution in [-0.4, -0.2) is 27.8 Å². The Morgan fingerprint density at radius 3 is 2.65 bits per heavy atom. The summed E-state index contributed by atoms with van der Waals surface area (Å²) in [6.07, 6.45) is 3.72. The number of amides is 1. The van der Waals surface area contributed by atoms with Crippen LogP contribution in [0, 0.1) is 0 Å². The lowest BCUT2D eigenvalue weighted by atomic mass is 10.0. The van der Waals surface area contributed by atoms with Gasteiger partial charge in [-0.2, -0.15) is 5.10 Å². The van der Waals surface area contributed by atoms with Crippen LogP contribution >= 0.6 is 0 Å². The molecule has 5 nitrogen and oxygen atoms in total. The number of hydrogen-bond acceptors (Lipinski definition) is 3. The van der Waals surface area contributed by atoms with Crippen molar-refractivity contribution in [2.45, 2.75) is 25.9 Å². The number of carbonyl (C=O) groups excluding carboxylic acids is 1. The Morgan fingerprint density at radius 1 is 1.35 bits per heavy atom. The normalized spacial score (nSPS) is 13.9. The molecule has 3 N–H and O–H groups in total. The average Bonchev–Trinajstić information content (AvgIpc) is 2.88. The molecular formula is C15H20N4O. The molecule has 1 heterocycles. The Balaban J connectivity index is 2.19. The Hall–Kier alpha value is -2.14. The van der Waals surface area contributed by atoms with E-state index in [-0.39, 0.29) is 5.91 Å². The van der Waals surface area contributed by atoms with Crippen LogP contribution in [0.2, 0.25) is 0 Å². The van der Waals surface area contributed by atoms with Crippen molar-refractivity contribution in [1.82, 2.24) is 15.1 Å². The maximum absolute atomic E-state index is 11.6. The molecule has 0 bridgehead atoms. The zero-order valence-electron chi connectivity index (χ0n) is 11.8. The highest BCUT2D eigenvalue weighted by atomic mass is 16.1. The topological polar surface area (TPSA) is 72.9 Å². The van der Waals surface area contributed by atoms with Crippen LogP contribution < -0.4 is 11.1 Å². The molecule has 106 valence electrons. The highest BCUT2D eigenvalue weighted by Crippen LogP contribution is 2.18. The lowest BCUT2D eigenvalue weighted by Crippen LogP contribution is -2.55.